The van der Waals surface area contributed by atoms with Crippen LogP contribution in [0.4, 0.5) is 0 Å². The van der Waals surface area contributed by atoms with E-state index < -0.39 is 6.10 Å². The second-order valence-corrected chi connectivity index (χ2v) is 18.5. The SMILES string of the molecule is CC/C=C\C/C=C\C/C=C\CCCCCC(=O)OCC(COC(=O)CCCCCCCCCCCCCCCCCCCCCC)OC(=O)CCCCCCC/C=C\C/C=C\CCCC. The standard InChI is InChI=1S/C59H104O6/c1-4-7-10-13-16-19-22-25-27-28-29-30-31-32-35-37-40-43-46-49-52-58(61)64-55-56(54-63-57(60)51-48-45-42-39-36-33-24-21-18-15-12-9-6-3)65-59(62)53-50-47-44-41-38-34-26-23-20-17-14-11-8-5-2/h9,12,14,17-18,21,23,26,33,36,56H,4-8,10-11,13,15-16,19-20,22,24-25,27-32,34-35,37-55H2,1-3H3/b12-9-,17-14-,21-18-,26-23-,36-33-. The van der Waals surface area contributed by atoms with Gasteiger partial charge in [0.15, 0.2) is 6.10 Å². The van der Waals surface area contributed by atoms with Crippen LogP contribution in [0.5, 0.6) is 0 Å². The number of esters is 3. The monoisotopic (exact) mass is 909 g/mol. The minimum absolute atomic E-state index is 0.0872. The van der Waals surface area contributed by atoms with Gasteiger partial charge in [-0.1, -0.05) is 242 Å². The molecule has 0 amide bonds. The van der Waals surface area contributed by atoms with Gasteiger partial charge in [0.25, 0.3) is 0 Å². The molecule has 65 heavy (non-hydrogen) atoms. The summed E-state index contributed by atoms with van der Waals surface area (Å²) in [4.78, 5) is 38.0. The van der Waals surface area contributed by atoms with Crippen molar-refractivity contribution in [3.05, 3.63) is 60.8 Å². The summed E-state index contributed by atoms with van der Waals surface area (Å²) in [5.41, 5.74) is 0. The summed E-state index contributed by atoms with van der Waals surface area (Å²) in [6.07, 6.45) is 66.4. The third kappa shape index (κ3) is 51.9. The van der Waals surface area contributed by atoms with Crippen molar-refractivity contribution in [1.82, 2.24) is 0 Å². The molecule has 0 aliphatic carbocycles. The van der Waals surface area contributed by atoms with E-state index in [2.05, 4.69) is 81.5 Å². The normalized spacial score (nSPS) is 12.5. The van der Waals surface area contributed by atoms with Gasteiger partial charge >= 0.3 is 17.9 Å². The van der Waals surface area contributed by atoms with Crippen molar-refractivity contribution in [2.24, 2.45) is 0 Å². The van der Waals surface area contributed by atoms with Gasteiger partial charge in [0.1, 0.15) is 13.2 Å². The van der Waals surface area contributed by atoms with E-state index in [1.165, 1.54) is 128 Å². The molecular formula is C59H104O6. The topological polar surface area (TPSA) is 78.9 Å². The Bertz CT molecular complexity index is 1180. The molecular weight excluding hydrogens is 805 g/mol. The molecule has 0 fully saturated rings. The van der Waals surface area contributed by atoms with Crippen molar-refractivity contribution in [1.29, 1.82) is 0 Å². The average molecular weight is 909 g/mol. The molecule has 0 aliphatic heterocycles. The minimum atomic E-state index is -0.791. The molecule has 0 saturated carbocycles. The molecule has 0 aromatic rings. The lowest BCUT2D eigenvalue weighted by atomic mass is 10.0. The number of ether oxygens (including phenoxy) is 3. The van der Waals surface area contributed by atoms with Crippen LogP contribution in [0.2, 0.25) is 0 Å². The van der Waals surface area contributed by atoms with Crippen LogP contribution in [-0.4, -0.2) is 37.2 Å². The Morgan fingerprint density at radius 1 is 0.323 bits per heavy atom. The highest BCUT2D eigenvalue weighted by molar-refractivity contribution is 5.71. The zero-order valence-electron chi connectivity index (χ0n) is 43.0. The lowest BCUT2D eigenvalue weighted by Crippen LogP contribution is -2.30. The molecule has 0 spiro atoms. The van der Waals surface area contributed by atoms with E-state index in [1.54, 1.807) is 0 Å². The maximum atomic E-state index is 12.8. The molecule has 0 rings (SSSR count). The largest absolute Gasteiger partial charge is 0.462 e. The van der Waals surface area contributed by atoms with Gasteiger partial charge in [-0.2, -0.15) is 0 Å². The van der Waals surface area contributed by atoms with E-state index in [4.69, 9.17) is 14.2 Å². The molecule has 6 nitrogen and oxygen atoms in total. The van der Waals surface area contributed by atoms with E-state index in [-0.39, 0.29) is 31.1 Å². The van der Waals surface area contributed by atoms with Crippen LogP contribution in [0, 0.1) is 0 Å². The molecule has 0 bridgehead atoms. The molecule has 0 heterocycles. The zero-order valence-corrected chi connectivity index (χ0v) is 43.0. The Hall–Kier alpha value is -2.89. The van der Waals surface area contributed by atoms with E-state index in [0.29, 0.717) is 19.3 Å². The molecule has 1 unspecified atom stereocenters. The second kappa shape index (κ2) is 53.7. The van der Waals surface area contributed by atoms with Crippen LogP contribution in [0.1, 0.15) is 278 Å². The molecule has 376 valence electrons. The van der Waals surface area contributed by atoms with Crippen LogP contribution in [0.15, 0.2) is 60.8 Å². The summed E-state index contributed by atoms with van der Waals surface area (Å²) in [5.74, 6) is -0.923. The highest BCUT2D eigenvalue weighted by atomic mass is 16.6. The zero-order chi connectivity index (χ0) is 47.2. The van der Waals surface area contributed by atoms with Crippen LogP contribution in [0.3, 0.4) is 0 Å². The van der Waals surface area contributed by atoms with Crippen molar-refractivity contribution in [3.8, 4) is 0 Å². The quantitative estimate of drug-likeness (QED) is 0.0262. The molecule has 0 aliphatic rings. The lowest BCUT2D eigenvalue weighted by Gasteiger charge is -2.18. The van der Waals surface area contributed by atoms with Gasteiger partial charge in [-0.3, -0.25) is 14.4 Å². The summed E-state index contributed by atoms with van der Waals surface area (Å²) < 4.78 is 16.8. The predicted molar refractivity (Wildman–Crippen MR) is 279 cm³/mol. The first kappa shape index (κ1) is 62.1. The van der Waals surface area contributed by atoms with E-state index in [0.717, 1.165) is 109 Å². The first-order chi connectivity index (χ1) is 32.0. The summed E-state index contributed by atoms with van der Waals surface area (Å²) in [5, 5.41) is 0. The fraction of sp³-hybridized carbons (Fsp3) is 0.780. The van der Waals surface area contributed by atoms with Crippen LogP contribution >= 0.6 is 0 Å². The van der Waals surface area contributed by atoms with Gasteiger partial charge in [0, 0.05) is 19.3 Å². The Kier molecular flexibility index (Phi) is 51.3. The number of hydrogen-bond acceptors (Lipinski definition) is 6. The first-order valence-corrected chi connectivity index (χ1v) is 27.8. The fourth-order valence-corrected chi connectivity index (χ4v) is 7.83. The van der Waals surface area contributed by atoms with E-state index in [9.17, 15) is 14.4 Å². The van der Waals surface area contributed by atoms with Crippen molar-refractivity contribution >= 4 is 17.9 Å². The van der Waals surface area contributed by atoms with Gasteiger partial charge in [-0.05, 0) is 77.0 Å². The molecule has 0 aromatic carbocycles. The van der Waals surface area contributed by atoms with Gasteiger partial charge in [0.05, 0.1) is 0 Å². The lowest BCUT2D eigenvalue weighted by molar-refractivity contribution is -0.167. The Labute approximate surface area is 402 Å². The molecule has 0 N–H and O–H groups in total. The molecule has 6 heteroatoms. The third-order valence-electron chi connectivity index (χ3n) is 12.0. The Morgan fingerprint density at radius 2 is 0.615 bits per heavy atom. The third-order valence-corrected chi connectivity index (χ3v) is 12.0. The van der Waals surface area contributed by atoms with Crippen LogP contribution in [-0.2, 0) is 28.6 Å². The van der Waals surface area contributed by atoms with Crippen molar-refractivity contribution < 1.29 is 28.6 Å². The summed E-state index contributed by atoms with van der Waals surface area (Å²) in [6.45, 7) is 6.47. The van der Waals surface area contributed by atoms with Crippen LogP contribution in [0.25, 0.3) is 0 Å². The summed E-state index contributed by atoms with van der Waals surface area (Å²) in [6, 6.07) is 0. The highest BCUT2D eigenvalue weighted by Gasteiger charge is 2.19. The number of unbranched alkanes of at least 4 members (excludes halogenated alkanes) is 29. The molecule has 0 radical (unpaired) electrons. The van der Waals surface area contributed by atoms with Gasteiger partial charge in [0.2, 0.25) is 0 Å². The van der Waals surface area contributed by atoms with Gasteiger partial charge in [-0.15, -0.1) is 0 Å². The second-order valence-electron chi connectivity index (χ2n) is 18.5. The smallest absolute Gasteiger partial charge is 0.306 e. The van der Waals surface area contributed by atoms with Crippen molar-refractivity contribution in [2.75, 3.05) is 13.2 Å². The van der Waals surface area contributed by atoms with Gasteiger partial charge < -0.3 is 14.2 Å². The summed E-state index contributed by atoms with van der Waals surface area (Å²) in [7, 11) is 0. The Morgan fingerprint density at radius 3 is 1.00 bits per heavy atom. The molecule has 0 aromatic heterocycles. The highest BCUT2D eigenvalue weighted by Crippen LogP contribution is 2.16. The maximum Gasteiger partial charge on any atom is 0.306 e. The van der Waals surface area contributed by atoms with Crippen molar-refractivity contribution in [3.63, 3.8) is 0 Å². The average Bonchev–Trinajstić information content (AvgIpc) is 3.30. The number of allylic oxidation sites excluding steroid dienone is 10. The summed E-state index contributed by atoms with van der Waals surface area (Å²) >= 11 is 0. The first-order valence-electron chi connectivity index (χ1n) is 27.8. The van der Waals surface area contributed by atoms with Crippen LogP contribution < -0.4 is 0 Å². The number of carbonyl (C=O) groups is 3. The molecule has 0 saturated heterocycles. The van der Waals surface area contributed by atoms with Gasteiger partial charge in [-0.25, -0.2) is 0 Å². The predicted octanol–water partition coefficient (Wildman–Crippen LogP) is 18.4. The number of hydrogen-bond donors (Lipinski definition) is 0. The Balaban J connectivity index is 4.34. The van der Waals surface area contributed by atoms with Crippen molar-refractivity contribution in [2.45, 2.75) is 284 Å². The maximum absolute atomic E-state index is 12.8. The number of rotatable bonds is 50. The number of carbonyl (C=O) groups excluding carboxylic acids is 3. The van der Waals surface area contributed by atoms with E-state index in [1.807, 2.05) is 0 Å². The minimum Gasteiger partial charge on any atom is -0.462 e. The fourth-order valence-electron chi connectivity index (χ4n) is 7.83. The molecule has 1 atom stereocenters. The van der Waals surface area contributed by atoms with E-state index >= 15 is 0 Å².